The van der Waals surface area contributed by atoms with Crippen LogP contribution in [0.4, 0.5) is 4.79 Å². The molecule has 1 aromatic carbocycles. The molecule has 1 aromatic rings. The predicted molar refractivity (Wildman–Crippen MR) is 117 cm³/mol. The molecule has 1 amide bonds. The van der Waals surface area contributed by atoms with Crippen molar-refractivity contribution in [2.24, 2.45) is 0 Å². The van der Waals surface area contributed by atoms with Crippen LogP contribution in [0, 0.1) is 0 Å². The Hall–Kier alpha value is -2.37. The summed E-state index contributed by atoms with van der Waals surface area (Å²) in [4.78, 5) is 35.5. The molecule has 0 saturated carbocycles. The number of ether oxygens (including phenoxy) is 1. The molecule has 0 heterocycles. The quantitative estimate of drug-likeness (QED) is 0.324. The maximum absolute atomic E-state index is 12.7. The zero-order valence-electron chi connectivity index (χ0n) is 18.7. The van der Waals surface area contributed by atoms with Gasteiger partial charge in [0, 0.05) is 25.9 Å². The zero-order chi connectivity index (χ0) is 22.4. The molecule has 6 heteroatoms. The Morgan fingerprint density at radius 3 is 2.37 bits per heavy atom. The van der Waals surface area contributed by atoms with E-state index in [0.29, 0.717) is 32.4 Å². The van der Waals surface area contributed by atoms with Crippen LogP contribution < -0.4 is 0 Å². The fraction of sp³-hybridized carbons (Fsp3) is 0.625. The predicted octanol–water partition coefficient (Wildman–Crippen LogP) is 5.37. The van der Waals surface area contributed by atoms with E-state index in [1.807, 2.05) is 45.0 Å². The average molecular weight is 420 g/mol. The third kappa shape index (κ3) is 12.2. The first-order valence-electron chi connectivity index (χ1n) is 10.9. The molecule has 1 rings (SSSR count). The van der Waals surface area contributed by atoms with Gasteiger partial charge in [-0.25, -0.2) is 4.79 Å². The number of carboxylic acids is 1. The van der Waals surface area contributed by atoms with Gasteiger partial charge in [0.25, 0.3) is 0 Å². The number of aryl methyl sites for hydroxylation is 1. The second kappa shape index (κ2) is 13.8. The van der Waals surface area contributed by atoms with Crippen LogP contribution in [0.1, 0.15) is 83.3 Å². The second-order valence-corrected chi connectivity index (χ2v) is 8.69. The summed E-state index contributed by atoms with van der Waals surface area (Å²) in [6.07, 6.45) is 7.61. The van der Waals surface area contributed by atoms with Gasteiger partial charge < -0.3 is 19.5 Å². The third-order valence-corrected chi connectivity index (χ3v) is 4.62. The van der Waals surface area contributed by atoms with E-state index in [0.717, 1.165) is 49.5 Å². The first-order valence-corrected chi connectivity index (χ1v) is 10.9. The van der Waals surface area contributed by atoms with E-state index in [4.69, 9.17) is 9.84 Å². The fourth-order valence-corrected chi connectivity index (χ4v) is 3.17. The minimum absolute atomic E-state index is 0.154. The fourth-order valence-electron chi connectivity index (χ4n) is 3.17. The highest BCUT2D eigenvalue weighted by Gasteiger charge is 2.22. The molecule has 0 bridgehead atoms. The largest absolute Gasteiger partial charge is 0.481 e. The van der Waals surface area contributed by atoms with Crippen LogP contribution in [-0.4, -0.2) is 40.5 Å². The van der Waals surface area contributed by atoms with Crippen LogP contribution in [0.15, 0.2) is 24.3 Å². The molecule has 0 spiro atoms. The zero-order valence-corrected chi connectivity index (χ0v) is 18.7. The number of unbranched alkanes of at least 4 members (excludes halogenated alkanes) is 5. The summed E-state index contributed by atoms with van der Waals surface area (Å²) in [6.45, 7) is 6.66. The van der Waals surface area contributed by atoms with E-state index in [1.165, 1.54) is 0 Å². The second-order valence-electron chi connectivity index (χ2n) is 8.69. The van der Waals surface area contributed by atoms with Crippen molar-refractivity contribution >= 4 is 18.3 Å². The standard InChI is InChI=1S/C24H37NO5/c1-24(2,3)30-23(29)25(16-8-6-4-5-7-9-17-26)19-21-14-10-12-20(18-21)13-11-15-22(27)28/h10,12,14,17-18H,4-9,11,13,15-16,19H2,1-3H3,(H,27,28). The van der Waals surface area contributed by atoms with Crippen molar-refractivity contribution < 1.29 is 24.2 Å². The van der Waals surface area contributed by atoms with Crippen LogP contribution in [0.2, 0.25) is 0 Å². The molecule has 0 aliphatic rings. The van der Waals surface area contributed by atoms with Crippen LogP contribution in [0.5, 0.6) is 0 Å². The summed E-state index contributed by atoms with van der Waals surface area (Å²) in [5.41, 5.74) is 1.54. The number of amides is 1. The maximum atomic E-state index is 12.7. The highest BCUT2D eigenvalue weighted by molar-refractivity contribution is 5.68. The number of rotatable bonds is 14. The maximum Gasteiger partial charge on any atom is 0.410 e. The summed E-state index contributed by atoms with van der Waals surface area (Å²) >= 11 is 0. The number of carboxylic acid groups (broad SMARTS) is 1. The number of nitrogens with zero attached hydrogens (tertiary/aromatic N) is 1. The molecule has 30 heavy (non-hydrogen) atoms. The number of hydrogen-bond acceptors (Lipinski definition) is 4. The topological polar surface area (TPSA) is 83.9 Å². The summed E-state index contributed by atoms with van der Waals surface area (Å²) in [5, 5.41) is 8.81. The molecule has 0 radical (unpaired) electrons. The first-order chi connectivity index (χ1) is 14.2. The van der Waals surface area contributed by atoms with Crippen molar-refractivity contribution in [3.63, 3.8) is 0 Å². The SMILES string of the molecule is CC(C)(C)OC(=O)N(CCCCCCCC=O)Cc1cccc(CCCC(=O)O)c1. The minimum atomic E-state index is -0.784. The van der Waals surface area contributed by atoms with Gasteiger partial charge in [0.05, 0.1) is 0 Å². The third-order valence-electron chi connectivity index (χ3n) is 4.62. The molecule has 0 aliphatic carbocycles. The summed E-state index contributed by atoms with van der Waals surface area (Å²) in [5.74, 6) is -0.784. The van der Waals surface area contributed by atoms with Gasteiger partial charge in [-0.3, -0.25) is 4.79 Å². The van der Waals surface area contributed by atoms with Crippen molar-refractivity contribution in [1.29, 1.82) is 0 Å². The van der Waals surface area contributed by atoms with Gasteiger partial charge in [-0.15, -0.1) is 0 Å². The van der Waals surface area contributed by atoms with E-state index in [2.05, 4.69) is 0 Å². The highest BCUT2D eigenvalue weighted by atomic mass is 16.6. The Kier molecular flexibility index (Phi) is 11.8. The number of carbonyl (C=O) groups is 3. The lowest BCUT2D eigenvalue weighted by molar-refractivity contribution is -0.137. The van der Waals surface area contributed by atoms with E-state index in [1.54, 1.807) is 4.90 Å². The van der Waals surface area contributed by atoms with Gasteiger partial charge in [-0.05, 0) is 57.6 Å². The van der Waals surface area contributed by atoms with Gasteiger partial charge in [-0.1, -0.05) is 43.5 Å². The Balaban J connectivity index is 2.66. The number of aliphatic carboxylic acids is 1. The van der Waals surface area contributed by atoms with E-state index in [9.17, 15) is 14.4 Å². The van der Waals surface area contributed by atoms with E-state index >= 15 is 0 Å². The van der Waals surface area contributed by atoms with Crippen molar-refractivity contribution in [3.05, 3.63) is 35.4 Å². The van der Waals surface area contributed by atoms with Crippen LogP contribution in [0.25, 0.3) is 0 Å². The molecule has 0 aromatic heterocycles. The lowest BCUT2D eigenvalue weighted by atomic mass is 10.0. The highest BCUT2D eigenvalue weighted by Crippen LogP contribution is 2.16. The van der Waals surface area contributed by atoms with Crippen molar-refractivity contribution in [2.75, 3.05) is 6.54 Å². The number of carbonyl (C=O) groups excluding carboxylic acids is 2. The number of aldehydes is 1. The monoisotopic (exact) mass is 419 g/mol. The molecule has 6 nitrogen and oxygen atoms in total. The number of benzene rings is 1. The van der Waals surface area contributed by atoms with Gasteiger partial charge in [-0.2, -0.15) is 0 Å². The molecule has 0 aliphatic heterocycles. The van der Waals surface area contributed by atoms with Gasteiger partial charge in [0.15, 0.2) is 0 Å². The van der Waals surface area contributed by atoms with Gasteiger partial charge in [0.1, 0.15) is 11.9 Å². The van der Waals surface area contributed by atoms with Crippen LogP contribution in [-0.2, 0) is 27.3 Å². The Bertz CT molecular complexity index is 666. The smallest absolute Gasteiger partial charge is 0.410 e. The van der Waals surface area contributed by atoms with Crippen LogP contribution in [0.3, 0.4) is 0 Å². The molecule has 168 valence electrons. The molecule has 1 N–H and O–H groups in total. The van der Waals surface area contributed by atoms with E-state index in [-0.39, 0.29) is 12.5 Å². The van der Waals surface area contributed by atoms with E-state index < -0.39 is 11.6 Å². The molecule has 0 fully saturated rings. The molecular weight excluding hydrogens is 382 g/mol. The lowest BCUT2D eigenvalue weighted by Crippen LogP contribution is -2.37. The lowest BCUT2D eigenvalue weighted by Gasteiger charge is -2.27. The summed E-state index contributed by atoms with van der Waals surface area (Å²) < 4.78 is 5.59. The molecule has 0 saturated heterocycles. The number of hydrogen-bond donors (Lipinski definition) is 1. The normalized spacial score (nSPS) is 11.2. The Labute approximate surface area is 180 Å². The Morgan fingerprint density at radius 1 is 1.03 bits per heavy atom. The molecular formula is C24H37NO5. The van der Waals surface area contributed by atoms with Crippen molar-refractivity contribution in [3.8, 4) is 0 Å². The molecule has 0 atom stereocenters. The van der Waals surface area contributed by atoms with Gasteiger partial charge >= 0.3 is 12.1 Å². The minimum Gasteiger partial charge on any atom is -0.481 e. The summed E-state index contributed by atoms with van der Waals surface area (Å²) in [6, 6.07) is 7.96. The average Bonchev–Trinajstić information content (AvgIpc) is 2.65. The van der Waals surface area contributed by atoms with Crippen molar-refractivity contribution in [2.45, 2.75) is 90.7 Å². The Morgan fingerprint density at radius 2 is 1.70 bits per heavy atom. The van der Waals surface area contributed by atoms with Crippen LogP contribution >= 0.6 is 0 Å². The molecule has 0 unspecified atom stereocenters. The first kappa shape index (κ1) is 25.7. The van der Waals surface area contributed by atoms with Gasteiger partial charge in [0.2, 0.25) is 0 Å². The van der Waals surface area contributed by atoms with Crippen molar-refractivity contribution in [1.82, 2.24) is 4.90 Å². The summed E-state index contributed by atoms with van der Waals surface area (Å²) in [7, 11) is 0.